The number of rotatable bonds is 3. The molecule has 2 aromatic heterocycles. The van der Waals surface area contributed by atoms with Crippen LogP contribution < -0.4 is 10.6 Å². The summed E-state index contributed by atoms with van der Waals surface area (Å²) in [4.78, 5) is 13.6. The third-order valence-electron chi connectivity index (χ3n) is 3.24. The fraction of sp³-hybridized carbons (Fsp3) is 0.333. The van der Waals surface area contributed by atoms with Gasteiger partial charge in [-0.05, 0) is 22.6 Å². The summed E-state index contributed by atoms with van der Waals surface area (Å²) in [7, 11) is 0. The van der Waals surface area contributed by atoms with Crippen molar-refractivity contribution >= 4 is 39.4 Å². The lowest BCUT2D eigenvalue weighted by Crippen LogP contribution is -2.37. The van der Waals surface area contributed by atoms with Crippen molar-refractivity contribution in [3.63, 3.8) is 0 Å². The van der Waals surface area contributed by atoms with E-state index in [1.807, 2.05) is 0 Å². The van der Waals surface area contributed by atoms with Gasteiger partial charge in [0, 0.05) is 3.57 Å². The van der Waals surface area contributed by atoms with Crippen LogP contribution in [0.1, 0.15) is 0 Å². The highest BCUT2D eigenvalue weighted by Gasteiger charge is 2.43. The van der Waals surface area contributed by atoms with Gasteiger partial charge in [0.05, 0.1) is 11.6 Å². The van der Waals surface area contributed by atoms with Crippen molar-refractivity contribution in [1.82, 2.24) is 14.7 Å². The average Bonchev–Trinajstić information content (AvgIpc) is 2.92. The number of hydrogen-bond donors (Lipinski definition) is 3. The molecule has 0 aromatic carbocycles. The molecule has 0 unspecified atom stereocenters. The predicted octanol–water partition coefficient (Wildman–Crippen LogP) is -0.321. The van der Waals surface area contributed by atoms with Gasteiger partial charge in [0.2, 0.25) is 0 Å². The van der Waals surface area contributed by atoms with E-state index in [0.29, 0.717) is 16.9 Å². The van der Waals surface area contributed by atoms with E-state index < -0.39 is 24.6 Å². The molecule has 21 heavy (non-hydrogen) atoms. The van der Waals surface area contributed by atoms with Crippen LogP contribution >= 0.6 is 22.6 Å². The first-order valence-electron chi connectivity index (χ1n) is 6.11. The first-order valence-corrected chi connectivity index (χ1v) is 7.19. The molecule has 0 saturated carbocycles. The highest BCUT2D eigenvalue weighted by Crippen LogP contribution is 2.26. The maximum Gasteiger partial charge on any atom is 0.254 e. The van der Waals surface area contributed by atoms with Crippen molar-refractivity contribution < 1.29 is 19.8 Å². The van der Waals surface area contributed by atoms with E-state index >= 15 is 0 Å². The SMILES string of the molecule is C=C[C@H]1O[C@@H](On2cc(I)c3c(N)ncnc32)[C@H](O)[C@@H]1O. The number of aliphatic hydroxyl groups excluding tert-OH is 2. The normalized spacial score (nSPS) is 28.9. The molecule has 0 aliphatic carbocycles. The predicted molar refractivity (Wildman–Crippen MR) is 82.1 cm³/mol. The van der Waals surface area contributed by atoms with Gasteiger partial charge in [0.15, 0.2) is 5.65 Å². The molecule has 9 heteroatoms. The van der Waals surface area contributed by atoms with Gasteiger partial charge in [0.25, 0.3) is 6.29 Å². The Morgan fingerprint density at radius 3 is 2.86 bits per heavy atom. The molecule has 112 valence electrons. The van der Waals surface area contributed by atoms with Gasteiger partial charge < -0.3 is 25.5 Å². The number of fused-ring (bicyclic) bond motifs is 1. The lowest BCUT2D eigenvalue weighted by molar-refractivity contribution is -0.159. The van der Waals surface area contributed by atoms with Gasteiger partial charge in [-0.2, -0.15) is 4.73 Å². The number of halogens is 1. The van der Waals surface area contributed by atoms with Gasteiger partial charge in [-0.25, -0.2) is 9.97 Å². The molecule has 1 fully saturated rings. The van der Waals surface area contributed by atoms with Crippen molar-refractivity contribution in [3.05, 3.63) is 28.7 Å². The van der Waals surface area contributed by atoms with Crippen molar-refractivity contribution in [2.75, 3.05) is 5.73 Å². The number of nitrogens with two attached hydrogens (primary N) is 1. The lowest BCUT2D eigenvalue weighted by atomic mass is 10.1. The largest absolute Gasteiger partial charge is 0.387 e. The average molecular weight is 404 g/mol. The monoisotopic (exact) mass is 404 g/mol. The topological polar surface area (TPSA) is 116 Å². The zero-order valence-corrected chi connectivity index (χ0v) is 12.9. The van der Waals surface area contributed by atoms with Crippen molar-refractivity contribution in [3.8, 4) is 0 Å². The minimum atomic E-state index is -1.19. The Hall–Kier alpha value is -1.43. The Labute approximate surface area is 133 Å². The molecule has 8 nitrogen and oxygen atoms in total. The molecular formula is C12H13IN4O4. The van der Waals surface area contributed by atoms with E-state index in [1.54, 1.807) is 6.20 Å². The second-order valence-corrected chi connectivity index (χ2v) is 5.71. The third-order valence-corrected chi connectivity index (χ3v) is 4.06. The molecule has 4 atom stereocenters. The fourth-order valence-corrected chi connectivity index (χ4v) is 2.93. The van der Waals surface area contributed by atoms with E-state index in [0.717, 1.165) is 3.57 Å². The van der Waals surface area contributed by atoms with Gasteiger partial charge in [-0.15, -0.1) is 6.58 Å². The summed E-state index contributed by atoms with van der Waals surface area (Å²) in [6.45, 7) is 3.54. The summed E-state index contributed by atoms with van der Waals surface area (Å²) >= 11 is 2.08. The summed E-state index contributed by atoms with van der Waals surface area (Å²) in [6, 6.07) is 0. The van der Waals surface area contributed by atoms with E-state index in [4.69, 9.17) is 15.3 Å². The summed E-state index contributed by atoms with van der Waals surface area (Å²) < 4.78 is 7.54. The number of anilines is 1. The summed E-state index contributed by atoms with van der Waals surface area (Å²) in [5.41, 5.74) is 6.27. The quantitative estimate of drug-likeness (QED) is 0.475. The highest BCUT2D eigenvalue weighted by atomic mass is 127. The first-order chi connectivity index (χ1) is 10.0. The van der Waals surface area contributed by atoms with Crippen LogP contribution in [0.3, 0.4) is 0 Å². The summed E-state index contributed by atoms with van der Waals surface area (Å²) in [6.07, 6.45) is 0.377. The molecule has 1 saturated heterocycles. The molecule has 0 bridgehead atoms. The van der Waals surface area contributed by atoms with Crippen LogP contribution in [-0.4, -0.2) is 49.5 Å². The zero-order valence-electron chi connectivity index (χ0n) is 10.8. The minimum Gasteiger partial charge on any atom is -0.387 e. The standard InChI is InChI=1S/C12H13IN4O4/c1-2-6-8(18)9(19)12(20-6)21-17-3-5(13)7-10(14)15-4-16-11(7)17/h2-4,6,8-9,12,18-19H,1H2,(H2,14,15,16)/t6-,8-,9-,12+/m1/s1. The van der Waals surface area contributed by atoms with E-state index in [1.165, 1.54) is 17.1 Å². The molecule has 3 heterocycles. The maximum atomic E-state index is 9.93. The molecule has 3 rings (SSSR count). The van der Waals surface area contributed by atoms with E-state index in [-0.39, 0.29) is 0 Å². The van der Waals surface area contributed by atoms with Crippen molar-refractivity contribution in [2.45, 2.75) is 24.6 Å². The van der Waals surface area contributed by atoms with Crippen LogP contribution in [0.5, 0.6) is 0 Å². The number of nitrogens with zero attached hydrogens (tertiary/aromatic N) is 3. The molecule has 0 radical (unpaired) electrons. The van der Waals surface area contributed by atoms with Crippen LogP contribution in [0, 0.1) is 3.57 Å². The number of hydrogen-bond acceptors (Lipinski definition) is 7. The Morgan fingerprint density at radius 1 is 1.43 bits per heavy atom. The molecule has 1 aliphatic heterocycles. The Kier molecular flexibility index (Phi) is 3.73. The molecule has 2 aromatic rings. The highest BCUT2D eigenvalue weighted by molar-refractivity contribution is 14.1. The molecule has 0 spiro atoms. The molecule has 1 aliphatic rings. The fourth-order valence-electron chi connectivity index (χ4n) is 2.16. The third kappa shape index (κ3) is 2.35. The van der Waals surface area contributed by atoms with Crippen LogP contribution in [-0.2, 0) is 4.74 Å². The Morgan fingerprint density at radius 2 is 2.19 bits per heavy atom. The summed E-state index contributed by atoms with van der Waals surface area (Å²) in [5.74, 6) is 0.337. The molecular weight excluding hydrogens is 391 g/mol. The van der Waals surface area contributed by atoms with Crippen LogP contribution in [0.2, 0.25) is 0 Å². The number of aromatic nitrogens is 3. The molecule has 0 amide bonds. The minimum absolute atomic E-state index is 0.337. The zero-order chi connectivity index (χ0) is 15.1. The van der Waals surface area contributed by atoms with Crippen molar-refractivity contribution in [1.29, 1.82) is 0 Å². The maximum absolute atomic E-state index is 9.93. The summed E-state index contributed by atoms with van der Waals surface area (Å²) in [5, 5.41) is 20.4. The van der Waals surface area contributed by atoms with Crippen LogP contribution in [0.15, 0.2) is 25.2 Å². The molecule has 4 N–H and O–H groups in total. The van der Waals surface area contributed by atoms with E-state index in [9.17, 15) is 10.2 Å². The van der Waals surface area contributed by atoms with Crippen molar-refractivity contribution in [2.24, 2.45) is 0 Å². The van der Waals surface area contributed by atoms with Gasteiger partial charge in [-0.3, -0.25) is 0 Å². The second kappa shape index (κ2) is 5.40. The van der Waals surface area contributed by atoms with Gasteiger partial charge in [0.1, 0.15) is 30.5 Å². The van der Waals surface area contributed by atoms with Crippen LogP contribution in [0.4, 0.5) is 5.82 Å². The van der Waals surface area contributed by atoms with Gasteiger partial charge >= 0.3 is 0 Å². The first kappa shape index (κ1) is 14.5. The smallest absolute Gasteiger partial charge is 0.254 e. The Bertz CT molecular complexity index is 691. The number of ether oxygens (including phenoxy) is 1. The lowest BCUT2D eigenvalue weighted by Gasteiger charge is -2.16. The van der Waals surface area contributed by atoms with Crippen LogP contribution in [0.25, 0.3) is 11.0 Å². The van der Waals surface area contributed by atoms with E-state index in [2.05, 4.69) is 39.1 Å². The van der Waals surface area contributed by atoms with Gasteiger partial charge in [-0.1, -0.05) is 6.08 Å². The number of nitrogen functional groups attached to an aromatic ring is 1. The number of aliphatic hydroxyl groups is 2. The second-order valence-electron chi connectivity index (χ2n) is 4.55. The Balaban J connectivity index is 1.93.